The number of amides is 1. The van der Waals surface area contributed by atoms with Gasteiger partial charge in [0, 0.05) is 38.3 Å². The summed E-state index contributed by atoms with van der Waals surface area (Å²) in [5.74, 6) is 0.496. The first-order valence-corrected chi connectivity index (χ1v) is 12.7. The first kappa shape index (κ1) is 26.5. The Bertz CT molecular complexity index is 1070. The number of alkyl halides is 3. The average molecular weight is 504 g/mol. The zero-order chi connectivity index (χ0) is 25.9. The van der Waals surface area contributed by atoms with Crippen molar-refractivity contribution in [2.45, 2.75) is 57.5 Å². The highest BCUT2D eigenvalue weighted by molar-refractivity contribution is 5.87. The Morgan fingerprint density at radius 2 is 1.83 bits per heavy atom. The Morgan fingerprint density at radius 1 is 1.08 bits per heavy atom. The number of carbonyl (C=O) groups is 1. The van der Waals surface area contributed by atoms with Crippen LogP contribution in [0.5, 0.6) is 5.75 Å². The van der Waals surface area contributed by atoms with E-state index in [0.717, 1.165) is 49.9 Å². The van der Waals surface area contributed by atoms with Gasteiger partial charge >= 0.3 is 6.18 Å². The Balaban J connectivity index is 1.62. The Morgan fingerprint density at radius 3 is 2.47 bits per heavy atom. The molecule has 2 aromatic rings. The monoisotopic (exact) mass is 503 g/mol. The quantitative estimate of drug-likeness (QED) is 0.484. The van der Waals surface area contributed by atoms with Gasteiger partial charge in [0.25, 0.3) is 5.91 Å². The van der Waals surface area contributed by atoms with Crippen LogP contribution in [0.3, 0.4) is 0 Å². The van der Waals surface area contributed by atoms with E-state index in [1.807, 2.05) is 31.1 Å². The highest BCUT2D eigenvalue weighted by Gasteiger charge is 2.49. The largest absolute Gasteiger partial charge is 0.477 e. The number of benzene rings is 2. The van der Waals surface area contributed by atoms with Crippen LogP contribution in [0.4, 0.5) is 13.2 Å². The molecular weight excluding hydrogens is 467 g/mol. The van der Waals surface area contributed by atoms with E-state index in [9.17, 15) is 18.0 Å². The topological polar surface area (TPSA) is 36.0 Å². The van der Waals surface area contributed by atoms with Crippen LogP contribution in [0.2, 0.25) is 0 Å². The van der Waals surface area contributed by atoms with Crippen molar-refractivity contribution in [1.29, 1.82) is 0 Å². The van der Waals surface area contributed by atoms with E-state index in [1.165, 1.54) is 17.7 Å². The molecule has 196 valence electrons. The molecule has 0 aromatic heterocycles. The van der Waals surface area contributed by atoms with Gasteiger partial charge < -0.3 is 14.5 Å². The molecule has 0 N–H and O–H groups in total. The van der Waals surface area contributed by atoms with Crippen LogP contribution in [-0.2, 0) is 30.5 Å². The first-order valence-electron chi connectivity index (χ1n) is 12.7. The fraction of sp³-hybridized carbons (Fsp3) is 0.536. The van der Waals surface area contributed by atoms with Crippen molar-refractivity contribution in [2.75, 3.05) is 40.3 Å². The van der Waals surface area contributed by atoms with Crippen molar-refractivity contribution in [3.63, 3.8) is 0 Å². The number of hydrogen-bond donors (Lipinski definition) is 0. The number of halogens is 3. The lowest BCUT2D eigenvalue weighted by Crippen LogP contribution is -2.58. The van der Waals surface area contributed by atoms with Crippen molar-refractivity contribution in [1.82, 2.24) is 14.7 Å². The number of nitrogens with zero attached hydrogens (tertiary/aromatic N) is 3. The third kappa shape index (κ3) is 5.70. The molecule has 0 bridgehead atoms. The Hall–Kier alpha value is -2.58. The van der Waals surface area contributed by atoms with Crippen molar-refractivity contribution in [3.8, 4) is 5.75 Å². The molecule has 1 saturated carbocycles. The molecule has 2 aromatic carbocycles. The van der Waals surface area contributed by atoms with Crippen LogP contribution in [-0.4, -0.2) is 66.5 Å². The summed E-state index contributed by atoms with van der Waals surface area (Å²) in [6.45, 7) is 5.59. The van der Waals surface area contributed by atoms with Gasteiger partial charge in [-0.3, -0.25) is 9.69 Å². The van der Waals surface area contributed by atoms with E-state index < -0.39 is 17.3 Å². The van der Waals surface area contributed by atoms with E-state index in [0.29, 0.717) is 25.9 Å². The molecule has 0 atom stereocenters. The van der Waals surface area contributed by atoms with Crippen LogP contribution in [0.25, 0.3) is 0 Å². The first-order chi connectivity index (χ1) is 17.1. The molecule has 0 radical (unpaired) electrons. The van der Waals surface area contributed by atoms with Gasteiger partial charge in [0.05, 0.1) is 5.56 Å². The molecule has 2 aliphatic rings. The van der Waals surface area contributed by atoms with E-state index in [4.69, 9.17) is 4.74 Å². The number of ether oxygens (including phenoxy) is 1. The molecule has 1 fully saturated rings. The maximum Gasteiger partial charge on any atom is 0.416 e. The second-order valence-electron chi connectivity index (χ2n) is 10.1. The van der Waals surface area contributed by atoms with Gasteiger partial charge in [-0.2, -0.15) is 13.2 Å². The van der Waals surface area contributed by atoms with Crippen LogP contribution < -0.4 is 4.74 Å². The molecule has 36 heavy (non-hydrogen) atoms. The smallest absolute Gasteiger partial charge is 0.416 e. The fourth-order valence-electron chi connectivity index (χ4n) is 5.04. The molecule has 0 spiro atoms. The van der Waals surface area contributed by atoms with Crippen LogP contribution in [0.15, 0.2) is 42.5 Å². The van der Waals surface area contributed by atoms with Gasteiger partial charge in [0.15, 0.2) is 5.60 Å². The molecule has 1 aliphatic carbocycles. The Labute approximate surface area is 211 Å². The molecule has 1 heterocycles. The third-order valence-electron chi connectivity index (χ3n) is 7.40. The lowest BCUT2D eigenvalue weighted by Gasteiger charge is -2.44. The normalized spacial score (nSPS) is 17.4. The van der Waals surface area contributed by atoms with Gasteiger partial charge in [0.1, 0.15) is 5.75 Å². The van der Waals surface area contributed by atoms with Gasteiger partial charge in [-0.15, -0.1) is 0 Å². The number of carbonyl (C=O) groups excluding carboxylic acids is 1. The molecule has 1 amide bonds. The highest BCUT2D eigenvalue weighted by Crippen LogP contribution is 2.41. The molecule has 0 unspecified atom stereocenters. The lowest BCUT2D eigenvalue weighted by molar-refractivity contribution is -0.157. The average Bonchev–Trinajstić information content (AvgIpc) is 2.82. The summed E-state index contributed by atoms with van der Waals surface area (Å²) in [7, 11) is 3.77. The van der Waals surface area contributed by atoms with Crippen molar-refractivity contribution in [2.24, 2.45) is 0 Å². The van der Waals surface area contributed by atoms with Crippen LogP contribution >= 0.6 is 0 Å². The number of fused-ring (bicyclic) bond motifs is 1. The minimum absolute atomic E-state index is 0.0993. The van der Waals surface area contributed by atoms with Crippen molar-refractivity contribution >= 4 is 5.91 Å². The summed E-state index contributed by atoms with van der Waals surface area (Å²) in [4.78, 5) is 19.8. The summed E-state index contributed by atoms with van der Waals surface area (Å²) in [5, 5.41) is 0. The number of hydrogen-bond acceptors (Lipinski definition) is 4. The SMILES string of the molecule is CCN1CCc2cccc(OC3(C(=O)N(CCN(C)C)Cc4ccccc4C(F)(F)F)CCC3)c2C1. The van der Waals surface area contributed by atoms with Gasteiger partial charge in [-0.1, -0.05) is 37.3 Å². The van der Waals surface area contributed by atoms with E-state index in [1.54, 1.807) is 11.0 Å². The second kappa shape index (κ2) is 10.8. The van der Waals surface area contributed by atoms with E-state index in [2.05, 4.69) is 17.9 Å². The number of likely N-dealkylation sites (N-methyl/N-ethyl adjacent to an activating group) is 2. The molecule has 0 saturated heterocycles. The zero-order valence-electron chi connectivity index (χ0n) is 21.4. The standard InChI is InChI=1S/C28H36F3N3O2/c1-4-33-16-13-21-10-7-12-25(23(21)20-33)36-27(14-8-15-27)26(35)34(18-17-32(2)3)19-22-9-5-6-11-24(22)28(29,30)31/h5-7,9-12H,4,8,13-20H2,1-3H3. The lowest BCUT2D eigenvalue weighted by atomic mass is 9.78. The summed E-state index contributed by atoms with van der Waals surface area (Å²) in [5.41, 5.74) is 0.716. The molecule has 1 aliphatic heterocycles. The molecule has 5 nitrogen and oxygen atoms in total. The van der Waals surface area contributed by atoms with E-state index in [-0.39, 0.29) is 18.0 Å². The van der Waals surface area contributed by atoms with Crippen molar-refractivity contribution in [3.05, 3.63) is 64.7 Å². The predicted molar refractivity (Wildman–Crippen MR) is 134 cm³/mol. The summed E-state index contributed by atoms with van der Waals surface area (Å²) in [6.07, 6.45) is -1.57. The van der Waals surface area contributed by atoms with E-state index >= 15 is 0 Å². The summed E-state index contributed by atoms with van der Waals surface area (Å²) in [6, 6.07) is 11.5. The van der Waals surface area contributed by atoms with Crippen molar-refractivity contribution < 1.29 is 22.7 Å². The van der Waals surface area contributed by atoms with Gasteiger partial charge in [-0.25, -0.2) is 0 Å². The van der Waals surface area contributed by atoms with Gasteiger partial charge in [-0.05, 0) is 69.6 Å². The maximum atomic E-state index is 14.0. The maximum absolute atomic E-state index is 14.0. The predicted octanol–water partition coefficient (Wildman–Crippen LogP) is 4.98. The third-order valence-corrected chi connectivity index (χ3v) is 7.40. The Kier molecular flexibility index (Phi) is 7.95. The van der Waals surface area contributed by atoms with Gasteiger partial charge in [0.2, 0.25) is 0 Å². The fourth-order valence-corrected chi connectivity index (χ4v) is 5.04. The van der Waals surface area contributed by atoms with Crippen LogP contribution in [0.1, 0.15) is 48.4 Å². The molecule has 4 rings (SSSR count). The number of rotatable bonds is 9. The zero-order valence-corrected chi connectivity index (χ0v) is 21.4. The minimum Gasteiger partial charge on any atom is -0.477 e. The summed E-state index contributed by atoms with van der Waals surface area (Å²) >= 11 is 0. The highest BCUT2D eigenvalue weighted by atomic mass is 19.4. The summed E-state index contributed by atoms with van der Waals surface area (Å²) < 4.78 is 47.6. The molecule has 8 heteroatoms. The molecular formula is C28H36F3N3O2. The van der Waals surface area contributed by atoms with Crippen LogP contribution in [0, 0.1) is 0 Å². The second-order valence-corrected chi connectivity index (χ2v) is 10.1. The minimum atomic E-state index is -4.48.